The van der Waals surface area contributed by atoms with E-state index >= 15 is 0 Å². The zero-order valence-corrected chi connectivity index (χ0v) is 15.4. The SMILES string of the molecule is O=C(Cc1csc(-c2ccc(F)cc2)n1)OCc1nnc(-c2ccccc2)o1. The lowest BCUT2D eigenvalue weighted by atomic mass is 10.2. The molecule has 4 aromatic rings. The van der Waals surface area contributed by atoms with Gasteiger partial charge in [-0.2, -0.15) is 0 Å². The molecule has 0 amide bonds. The first-order valence-electron chi connectivity index (χ1n) is 8.41. The highest BCUT2D eigenvalue weighted by Gasteiger charge is 2.13. The predicted molar refractivity (Wildman–Crippen MR) is 101 cm³/mol. The Morgan fingerprint density at radius 2 is 1.82 bits per heavy atom. The van der Waals surface area contributed by atoms with Crippen molar-refractivity contribution in [1.29, 1.82) is 0 Å². The summed E-state index contributed by atoms with van der Waals surface area (Å²) in [5.41, 5.74) is 2.18. The van der Waals surface area contributed by atoms with Crippen molar-refractivity contribution in [3.63, 3.8) is 0 Å². The lowest BCUT2D eigenvalue weighted by Gasteiger charge is -2.00. The van der Waals surface area contributed by atoms with Crippen LogP contribution in [0.25, 0.3) is 22.0 Å². The van der Waals surface area contributed by atoms with E-state index in [4.69, 9.17) is 9.15 Å². The maximum Gasteiger partial charge on any atom is 0.312 e. The zero-order valence-electron chi connectivity index (χ0n) is 14.5. The maximum absolute atomic E-state index is 13.0. The summed E-state index contributed by atoms with van der Waals surface area (Å²) in [6, 6.07) is 15.4. The van der Waals surface area contributed by atoms with Crippen molar-refractivity contribution < 1.29 is 18.3 Å². The second kappa shape index (κ2) is 8.10. The van der Waals surface area contributed by atoms with Crippen molar-refractivity contribution in [2.45, 2.75) is 13.0 Å². The summed E-state index contributed by atoms with van der Waals surface area (Å²) in [7, 11) is 0. The fraction of sp³-hybridized carbons (Fsp3) is 0.100. The van der Waals surface area contributed by atoms with Crippen LogP contribution in [0, 0.1) is 5.82 Å². The van der Waals surface area contributed by atoms with Crippen LogP contribution < -0.4 is 0 Å². The number of benzene rings is 2. The van der Waals surface area contributed by atoms with Crippen molar-refractivity contribution in [1.82, 2.24) is 15.2 Å². The summed E-state index contributed by atoms with van der Waals surface area (Å²) in [6.07, 6.45) is 0.0252. The van der Waals surface area contributed by atoms with Crippen LogP contribution in [-0.4, -0.2) is 21.2 Å². The molecule has 8 heteroatoms. The van der Waals surface area contributed by atoms with Crippen molar-refractivity contribution in [3.05, 3.63) is 77.4 Å². The van der Waals surface area contributed by atoms with Gasteiger partial charge in [0, 0.05) is 16.5 Å². The number of carbonyl (C=O) groups is 1. The number of thiazole rings is 1. The number of esters is 1. The Bertz CT molecular complexity index is 1080. The average Bonchev–Trinajstić information content (AvgIpc) is 3.37. The predicted octanol–water partition coefficient (Wildman–Crippen LogP) is 4.29. The number of halogens is 1. The number of rotatable bonds is 6. The van der Waals surface area contributed by atoms with E-state index in [2.05, 4.69) is 15.2 Å². The molecule has 6 nitrogen and oxygen atoms in total. The first kappa shape index (κ1) is 18.0. The van der Waals surface area contributed by atoms with Gasteiger partial charge in [-0.05, 0) is 36.4 Å². The Morgan fingerprint density at radius 3 is 2.61 bits per heavy atom. The zero-order chi connectivity index (χ0) is 19.3. The lowest BCUT2D eigenvalue weighted by molar-refractivity contribution is -0.144. The molecule has 0 unspecified atom stereocenters. The van der Waals surface area contributed by atoms with E-state index in [0.717, 1.165) is 11.1 Å². The molecule has 4 rings (SSSR count). The Hall–Kier alpha value is -3.39. The summed E-state index contributed by atoms with van der Waals surface area (Å²) in [6.45, 7) is -0.104. The lowest BCUT2D eigenvalue weighted by Crippen LogP contribution is -2.08. The van der Waals surface area contributed by atoms with Gasteiger partial charge in [0.25, 0.3) is 5.89 Å². The summed E-state index contributed by atoms with van der Waals surface area (Å²) in [5.74, 6) is -0.163. The van der Waals surface area contributed by atoms with Gasteiger partial charge in [0.2, 0.25) is 5.89 Å². The van der Waals surface area contributed by atoms with Crippen molar-refractivity contribution in [2.75, 3.05) is 0 Å². The molecule has 0 saturated heterocycles. The van der Waals surface area contributed by atoms with E-state index < -0.39 is 5.97 Å². The Kier molecular flexibility index (Phi) is 5.20. The first-order chi connectivity index (χ1) is 13.7. The normalized spacial score (nSPS) is 10.8. The number of ether oxygens (including phenoxy) is 1. The highest BCUT2D eigenvalue weighted by molar-refractivity contribution is 7.13. The van der Waals surface area contributed by atoms with Gasteiger partial charge in [-0.25, -0.2) is 9.37 Å². The van der Waals surface area contributed by atoms with Gasteiger partial charge in [-0.1, -0.05) is 18.2 Å². The third-order valence-corrected chi connectivity index (χ3v) is 4.75. The molecule has 0 aliphatic heterocycles. The van der Waals surface area contributed by atoms with E-state index in [1.54, 1.807) is 17.5 Å². The molecule has 0 bridgehead atoms. The largest absolute Gasteiger partial charge is 0.455 e. The highest BCUT2D eigenvalue weighted by atomic mass is 32.1. The summed E-state index contributed by atoms with van der Waals surface area (Å²) < 4.78 is 23.7. The average molecular weight is 395 g/mol. The molecule has 0 aliphatic carbocycles. The molecular weight excluding hydrogens is 381 g/mol. The number of hydrogen-bond donors (Lipinski definition) is 0. The molecular formula is C20H14FN3O3S. The standard InChI is InChI=1S/C20H14FN3O3S/c21-15-8-6-14(7-9-15)20-22-16(12-28-20)10-18(25)26-11-17-23-24-19(27-17)13-4-2-1-3-5-13/h1-9,12H,10-11H2. The van der Waals surface area contributed by atoms with Gasteiger partial charge in [0.1, 0.15) is 10.8 Å². The van der Waals surface area contributed by atoms with Crippen LogP contribution in [0.3, 0.4) is 0 Å². The van der Waals surface area contributed by atoms with Crippen LogP contribution in [0.1, 0.15) is 11.6 Å². The molecule has 140 valence electrons. The first-order valence-corrected chi connectivity index (χ1v) is 9.29. The Morgan fingerprint density at radius 1 is 1.04 bits per heavy atom. The van der Waals surface area contributed by atoms with E-state index in [1.165, 1.54) is 23.5 Å². The molecule has 0 fully saturated rings. The van der Waals surface area contributed by atoms with E-state index in [9.17, 15) is 9.18 Å². The summed E-state index contributed by atoms with van der Waals surface area (Å²) in [5, 5.41) is 10.3. The molecule has 0 atom stereocenters. The monoisotopic (exact) mass is 395 g/mol. The Balaban J connectivity index is 1.33. The molecule has 2 aromatic carbocycles. The van der Waals surface area contributed by atoms with E-state index in [0.29, 0.717) is 16.6 Å². The Labute approximate surface area is 163 Å². The van der Waals surface area contributed by atoms with E-state index in [-0.39, 0.29) is 24.7 Å². The van der Waals surface area contributed by atoms with Gasteiger partial charge in [0.05, 0.1) is 12.1 Å². The molecule has 0 N–H and O–H groups in total. The molecule has 0 radical (unpaired) electrons. The van der Waals surface area contributed by atoms with Gasteiger partial charge in [-0.3, -0.25) is 4.79 Å². The van der Waals surface area contributed by atoms with Crippen molar-refractivity contribution in [2.24, 2.45) is 0 Å². The second-order valence-electron chi connectivity index (χ2n) is 5.86. The van der Waals surface area contributed by atoms with Crippen LogP contribution in [0.2, 0.25) is 0 Å². The van der Waals surface area contributed by atoms with Crippen LogP contribution in [0.15, 0.2) is 64.4 Å². The molecule has 28 heavy (non-hydrogen) atoms. The minimum absolute atomic E-state index is 0.0252. The second-order valence-corrected chi connectivity index (χ2v) is 6.71. The third kappa shape index (κ3) is 4.29. The van der Waals surface area contributed by atoms with E-state index in [1.807, 2.05) is 30.3 Å². The van der Waals surface area contributed by atoms with Gasteiger partial charge in [-0.15, -0.1) is 21.5 Å². The van der Waals surface area contributed by atoms with Crippen molar-refractivity contribution in [3.8, 4) is 22.0 Å². The van der Waals surface area contributed by atoms with Gasteiger partial charge in [0.15, 0.2) is 6.61 Å². The number of carbonyl (C=O) groups excluding carboxylic acids is 1. The quantitative estimate of drug-likeness (QED) is 0.453. The molecule has 2 aromatic heterocycles. The van der Waals surface area contributed by atoms with Gasteiger partial charge < -0.3 is 9.15 Å². The third-order valence-electron chi connectivity index (χ3n) is 3.81. The molecule has 0 spiro atoms. The van der Waals surface area contributed by atoms with Crippen LogP contribution >= 0.6 is 11.3 Å². The molecule has 0 saturated carbocycles. The van der Waals surface area contributed by atoms with Crippen LogP contribution in [0.5, 0.6) is 0 Å². The number of aromatic nitrogens is 3. The fourth-order valence-corrected chi connectivity index (χ4v) is 3.29. The molecule has 2 heterocycles. The summed E-state index contributed by atoms with van der Waals surface area (Å²) >= 11 is 1.38. The van der Waals surface area contributed by atoms with Crippen molar-refractivity contribution >= 4 is 17.3 Å². The minimum Gasteiger partial charge on any atom is -0.455 e. The highest BCUT2D eigenvalue weighted by Crippen LogP contribution is 2.24. The summed E-state index contributed by atoms with van der Waals surface area (Å²) in [4.78, 5) is 16.4. The minimum atomic E-state index is -0.449. The maximum atomic E-state index is 13.0. The number of hydrogen-bond acceptors (Lipinski definition) is 7. The fourth-order valence-electron chi connectivity index (χ4n) is 2.46. The topological polar surface area (TPSA) is 78.1 Å². The van der Waals surface area contributed by atoms with Crippen LogP contribution in [0.4, 0.5) is 4.39 Å². The smallest absolute Gasteiger partial charge is 0.312 e. The van der Waals surface area contributed by atoms with Gasteiger partial charge >= 0.3 is 5.97 Å². The van der Waals surface area contributed by atoms with Crippen LogP contribution in [-0.2, 0) is 22.6 Å². The number of nitrogens with zero attached hydrogens (tertiary/aromatic N) is 3. The molecule has 0 aliphatic rings.